The minimum Gasteiger partial charge on any atom is -0.385 e. The quantitative estimate of drug-likeness (QED) is 0.401. The first-order valence-corrected chi connectivity index (χ1v) is 10.1. The molecule has 0 spiro atoms. The summed E-state index contributed by atoms with van der Waals surface area (Å²) in [7, 11) is 1.75. The molecule has 0 saturated heterocycles. The molecule has 0 aromatic rings. The first kappa shape index (κ1) is 14.6. The number of ether oxygens (including phenoxy) is 1. The SMILES string of the molecule is [2H]C1(F)C(F)C=CC([2H])(C2CCC(C3CCC(CCCOC)CC3)CC2)C1([2H])[2H]. The van der Waals surface area contributed by atoms with Crippen molar-refractivity contribution < 1.29 is 19.0 Å². The van der Waals surface area contributed by atoms with Crippen molar-refractivity contribution in [2.24, 2.45) is 29.6 Å². The van der Waals surface area contributed by atoms with E-state index < -0.39 is 24.6 Å². The van der Waals surface area contributed by atoms with Gasteiger partial charge in [0.05, 0.1) is 1.37 Å². The van der Waals surface area contributed by atoms with E-state index in [4.69, 9.17) is 10.2 Å². The Labute approximate surface area is 158 Å². The van der Waals surface area contributed by atoms with Crippen molar-refractivity contribution in [3.8, 4) is 0 Å². The van der Waals surface area contributed by atoms with Crippen LogP contribution in [0.1, 0.15) is 76.1 Å². The van der Waals surface area contributed by atoms with Crippen LogP contribution in [0.2, 0.25) is 0 Å². The van der Waals surface area contributed by atoms with Crippen molar-refractivity contribution in [1.82, 2.24) is 0 Å². The van der Waals surface area contributed by atoms with Gasteiger partial charge in [-0.25, -0.2) is 8.78 Å². The molecule has 2 fully saturated rings. The van der Waals surface area contributed by atoms with Crippen molar-refractivity contribution in [1.29, 1.82) is 0 Å². The molecule has 0 bridgehead atoms. The summed E-state index contributed by atoms with van der Waals surface area (Å²) in [5.74, 6) is -0.161. The van der Waals surface area contributed by atoms with Gasteiger partial charge in [0, 0.05) is 17.8 Å². The molecule has 0 aromatic carbocycles. The molecule has 0 heterocycles. The summed E-state index contributed by atoms with van der Waals surface area (Å²) < 4.78 is 66.0. The fourth-order valence-corrected chi connectivity index (χ4v) is 5.13. The van der Waals surface area contributed by atoms with Gasteiger partial charge in [-0.3, -0.25) is 0 Å². The van der Waals surface area contributed by atoms with E-state index in [1.54, 1.807) is 7.11 Å². The number of methoxy groups -OCH3 is 1. The highest BCUT2D eigenvalue weighted by atomic mass is 19.2. The minimum absolute atomic E-state index is 0.372. The van der Waals surface area contributed by atoms with E-state index in [0.717, 1.165) is 37.9 Å². The number of rotatable bonds is 6. The summed E-state index contributed by atoms with van der Waals surface area (Å²) in [6, 6.07) is 0. The van der Waals surface area contributed by atoms with Crippen LogP contribution in [0.25, 0.3) is 0 Å². The molecule has 0 aliphatic heterocycles. The van der Waals surface area contributed by atoms with Crippen LogP contribution in [0.15, 0.2) is 12.2 Å². The van der Waals surface area contributed by atoms with Gasteiger partial charge in [0.1, 0.15) is 12.3 Å². The normalized spacial score (nSPS) is 52.7. The van der Waals surface area contributed by atoms with Crippen molar-refractivity contribution in [3.63, 3.8) is 0 Å². The lowest BCUT2D eigenvalue weighted by Gasteiger charge is -2.40. The second-order valence-corrected chi connectivity index (χ2v) is 8.22. The number of halogens is 2. The number of allylic oxidation sites excluding steroid dienone is 2. The summed E-state index contributed by atoms with van der Waals surface area (Å²) in [6.07, 6.45) is 4.00. The number of alkyl halides is 2. The van der Waals surface area contributed by atoms with Gasteiger partial charge in [-0.2, -0.15) is 0 Å². The second-order valence-electron chi connectivity index (χ2n) is 8.22. The molecule has 3 aliphatic rings. The molecule has 0 radical (unpaired) electrons. The maximum atomic E-state index is 14.5. The third-order valence-electron chi connectivity index (χ3n) is 6.68. The van der Waals surface area contributed by atoms with Gasteiger partial charge in [-0.1, -0.05) is 25.0 Å². The van der Waals surface area contributed by atoms with Crippen molar-refractivity contribution in [3.05, 3.63) is 12.2 Å². The average Bonchev–Trinajstić information content (AvgIpc) is 2.71. The van der Waals surface area contributed by atoms with E-state index in [2.05, 4.69) is 0 Å². The van der Waals surface area contributed by atoms with Crippen molar-refractivity contribution in [2.75, 3.05) is 13.7 Å². The van der Waals surface area contributed by atoms with Gasteiger partial charge in [0.2, 0.25) is 0 Å². The van der Waals surface area contributed by atoms with Crippen LogP contribution in [0, 0.1) is 29.6 Å². The van der Waals surface area contributed by atoms with Gasteiger partial charge in [-0.05, 0) is 87.3 Å². The first-order chi connectivity index (χ1) is 13.6. The van der Waals surface area contributed by atoms with E-state index in [1.165, 1.54) is 38.2 Å². The van der Waals surface area contributed by atoms with Crippen LogP contribution in [0.5, 0.6) is 0 Å². The zero-order chi connectivity index (χ0) is 21.3. The Morgan fingerprint density at radius 2 is 1.56 bits per heavy atom. The van der Waals surface area contributed by atoms with E-state index in [-0.39, 0.29) is 5.92 Å². The molecule has 1 nitrogen and oxygen atoms in total. The summed E-state index contributed by atoms with van der Waals surface area (Å²) in [4.78, 5) is 0. The predicted molar refractivity (Wildman–Crippen MR) is 99.0 cm³/mol. The Morgan fingerprint density at radius 1 is 0.960 bits per heavy atom. The Hall–Kier alpha value is -0.440. The molecule has 3 aliphatic carbocycles. The van der Waals surface area contributed by atoms with Crippen LogP contribution < -0.4 is 0 Å². The lowest BCUT2D eigenvalue weighted by atomic mass is 9.66. The Bertz CT molecular complexity index is 569. The Kier molecular flexibility index (Phi) is 5.54. The molecule has 0 aromatic heterocycles. The maximum Gasteiger partial charge on any atom is 0.149 e. The molecule has 3 rings (SSSR count). The molecule has 2 saturated carbocycles. The van der Waals surface area contributed by atoms with E-state index >= 15 is 0 Å². The summed E-state index contributed by atoms with van der Waals surface area (Å²) >= 11 is 0. The molecular formula is C22H36F2O. The van der Waals surface area contributed by atoms with Gasteiger partial charge in [0.25, 0.3) is 0 Å². The Balaban J connectivity index is 1.54. The molecule has 3 atom stereocenters. The van der Waals surface area contributed by atoms with Crippen LogP contribution in [0.4, 0.5) is 8.78 Å². The van der Waals surface area contributed by atoms with E-state index in [1.807, 2.05) is 0 Å². The summed E-state index contributed by atoms with van der Waals surface area (Å²) in [5.41, 5.74) is 0. The highest BCUT2D eigenvalue weighted by Gasteiger charge is 2.35. The molecule has 3 heteroatoms. The summed E-state index contributed by atoms with van der Waals surface area (Å²) in [6.45, 7) is 0.836. The monoisotopic (exact) mass is 358 g/mol. The number of hydrogen-bond acceptors (Lipinski definition) is 1. The van der Waals surface area contributed by atoms with E-state index in [0.29, 0.717) is 24.7 Å². The molecule has 0 amide bonds. The van der Waals surface area contributed by atoms with Gasteiger partial charge < -0.3 is 4.74 Å². The highest BCUT2D eigenvalue weighted by Crippen LogP contribution is 2.45. The van der Waals surface area contributed by atoms with E-state index in [9.17, 15) is 8.78 Å². The van der Waals surface area contributed by atoms with Crippen LogP contribution in [-0.4, -0.2) is 26.0 Å². The van der Waals surface area contributed by atoms with Gasteiger partial charge in [-0.15, -0.1) is 0 Å². The lowest BCUT2D eigenvalue weighted by Crippen LogP contribution is -2.31. The van der Waals surface area contributed by atoms with Gasteiger partial charge in [0.15, 0.2) is 0 Å². The molecule has 25 heavy (non-hydrogen) atoms. The lowest BCUT2D eigenvalue weighted by molar-refractivity contribution is 0.104. The molecule has 144 valence electrons. The zero-order valence-electron chi connectivity index (χ0n) is 19.5. The topological polar surface area (TPSA) is 9.23 Å². The predicted octanol–water partition coefficient (Wildman–Crippen LogP) is 6.28. The molecular weight excluding hydrogens is 318 g/mol. The van der Waals surface area contributed by atoms with Crippen molar-refractivity contribution in [2.45, 2.75) is 82.9 Å². The second kappa shape index (κ2) is 9.48. The minimum atomic E-state index is -3.42. The standard InChI is InChI=1S/C22H36F2O/c1-25-14-2-3-16-4-6-17(7-5-16)18-8-10-19(11-9-18)20-12-13-21(23)22(24)15-20/h12-13,16-22H,2-11,14-15H2,1H3/i15D2,20D,22D. The smallest absolute Gasteiger partial charge is 0.149 e. The third kappa shape index (κ3) is 5.28. The zero-order valence-corrected chi connectivity index (χ0v) is 15.5. The van der Waals surface area contributed by atoms with Crippen molar-refractivity contribution >= 4 is 0 Å². The van der Waals surface area contributed by atoms with Gasteiger partial charge >= 0.3 is 0 Å². The average molecular weight is 359 g/mol. The fourth-order valence-electron chi connectivity index (χ4n) is 5.13. The molecule has 3 unspecified atom stereocenters. The molecule has 0 N–H and O–H groups in total. The van der Waals surface area contributed by atoms with Crippen LogP contribution >= 0.6 is 0 Å². The Morgan fingerprint density at radius 3 is 2.20 bits per heavy atom. The van der Waals surface area contributed by atoms with Crippen LogP contribution in [0.3, 0.4) is 0 Å². The third-order valence-corrected chi connectivity index (χ3v) is 6.68. The van der Waals surface area contributed by atoms with Crippen LogP contribution in [-0.2, 0) is 4.74 Å². The number of hydrogen-bond donors (Lipinski definition) is 0. The largest absolute Gasteiger partial charge is 0.385 e. The highest BCUT2D eigenvalue weighted by molar-refractivity contribution is 5.05. The summed E-state index contributed by atoms with van der Waals surface area (Å²) in [5, 5.41) is 0. The maximum absolute atomic E-state index is 14.5. The fraction of sp³-hybridized carbons (Fsp3) is 0.909. The first-order valence-electron chi connectivity index (χ1n) is 12.1.